The number of carbonyl (C=O) groups is 1. The number of carboxylic acid groups (broad SMARTS) is 1. The number of pyridine rings is 1. The minimum absolute atomic E-state index is 0.00427. The predicted molar refractivity (Wildman–Crippen MR) is 75.7 cm³/mol. The van der Waals surface area contributed by atoms with E-state index in [9.17, 15) is 18.3 Å². The van der Waals surface area contributed by atoms with Crippen LogP contribution in [0.3, 0.4) is 0 Å². The maximum absolute atomic E-state index is 11.7. The molecule has 21 heavy (non-hydrogen) atoms. The normalized spacial score (nSPS) is 22.0. The van der Waals surface area contributed by atoms with Gasteiger partial charge in [0.1, 0.15) is 5.75 Å². The lowest BCUT2D eigenvalue weighted by Gasteiger charge is -2.34. The lowest BCUT2D eigenvalue weighted by Crippen LogP contribution is -2.48. The van der Waals surface area contributed by atoms with Gasteiger partial charge in [0.25, 0.3) is 0 Å². The molecular formula is C13H18N2O5S. The summed E-state index contributed by atoms with van der Waals surface area (Å²) in [4.78, 5) is 16.9. The second-order valence-electron chi connectivity index (χ2n) is 5.25. The number of carboxylic acids is 1. The molecule has 1 aromatic heterocycles. The first-order valence-electron chi connectivity index (χ1n) is 6.58. The lowest BCUT2D eigenvalue weighted by atomic mass is 10.1. The summed E-state index contributed by atoms with van der Waals surface area (Å²) in [5.74, 6) is -1.19. The van der Waals surface area contributed by atoms with Crippen LogP contribution < -0.4 is 0 Å². The third-order valence-electron chi connectivity index (χ3n) is 3.50. The molecule has 0 aromatic carbocycles. The van der Waals surface area contributed by atoms with Crippen LogP contribution in [0.1, 0.15) is 17.8 Å². The zero-order valence-electron chi connectivity index (χ0n) is 11.7. The summed E-state index contributed by atoms with van der Waals surface area (Å²) < 4.78 is 23.4. The quantitative estimate of drug-likeness (QED) is 0.815. The molecule has 2 rings (SSSR count). The Balaban J connectivity index is 2.20. The molecule has 0 amide bonds. The molecule has 0 bridgehead atoms. The highest BCUT2D eigenvalue weighted by atomic mass is 32.2. The highest BCUT2D eigenvalue weighted by Crippen LogP contribution is 2.22. The number of hydrogen-bond acceptors (Lipinski definition) is 6. The van der Waals surface area contributed by atoms with Crippen LogP contribution in [0.5, 0.6) is 5.75 Å². The van der Waals surface area contributed by atoms with E-state index in [0.717, 1.165) is 5.69 Å². The van der Waals surface area contributed by atoms with Gasteiger partial charge >= 0.3 is 5.97 Å². The van der Waals surface area contributed by atoms with Crippen LogP contribution in [0.15, 0.2) is 12.1 Å². The Morgan fingerprint density at radius 3 is 2.86 bits per heavy atom. The van der Waals surface area contributed by atoms with Gasteiger partial charge in [0.2, 0.25) is 0 Å². The second-order valence-corrected chi connectivity index (χ2v) is 7.48. The summed E-state index contributed by atoms with van der Waals surface area (Å²) in [6.45, 7) is 2.27. The van der Waals surface area contributed by atoms with Gasteiger partial charge in [-0.15, -0.1) is 0 Å². The van der Waals surface area contributed by atoms with E-state index in [-0.39, 0.29) is 36.8 Å². The van der Waals surface area contributed by atoms with Crippen molar-refractivity contribution in [3.8, 4) is 5.75 Å². The highest BCUT2D eigenvalue weighted by Gasteiger charge is 2.33. The fourth-order valence-electron chi connectivity index (χ4n) is 2.43. The number of aromatic hydroxyl groups is 1. The third-order valence-corrected chi connectivity index (χ3v) is 5.20. The predicted octanol–water partition coefficient (Wildman–Crippen LogP) is 0.169. The highest BCUT2D eigenvalue weighted by molar-refractivity contribution is 7.91. The number of aryl methyl sites for hydroxylation is 1. The van der Waals surface area contributed by atoms with E-state index in [4.69, 9.17) is 5.11 Å². The van der Waals surface area contributed by atoms with Gasteiger partial charge in [-0.05, 0) is 19.1 Å². The maximum Gasteiger partial charge on any atom is 0.304 e. The van der Waals surface area contributed by atoms with E-state index in [1.54, 1.807) is 17.9 Å². The van der Waals surface area contributed by atoms with Crippen LogP contribution in [0.4, 0.5) is 0 Å². The Kier molecular flexibility index (Phi) is 4.48. The zero-order valence-corrected chi connectivity index (χ0v) is 12.5. The van der Waals surface area contributed by atoms with Crippen molar-refractivity contribution in [2.75, 3.05) is 18.1 Å². The summed E-state index contributed by atoms with van der Waals surface area (Å²) in [5, 5.41) is 18.7. The summed E-state index contributed by atoms with van der Waals surface area (Å²) in [6.07, 6.45) is -0.244. The van der Waals surface area contributed by atoms with Gasteiger partial charge in [-0.25, -0.2) is 8.42 Å². The molecule has 0 radical (unpaired) electrons. The van der Waals surface area contributed by atoms with E-state index in [1.807, 2.05) is 0 Å². The van der Waals surface area contributed by atoms with E-state index >= 15 is 0 Å². The summed E-state index contributed by atoms with van der Waals surface area (Å²) in [6, 6.07) is 2.61. The fourth-order valence-corrected chi connectivity index (χ4v) is 4.02. The first kappa shape index (κ1) is 15.7. The molecule has 1 aliphatic rings. The van der Waals surface area contributed by atoms with Gasteiger partial charge < -0.3 is 10.2 Å². The van der Waals surface area contributed by atoms with Crippen LogP contribution in [0.2, 0.25) is 0 Å². The topological polar surface area (TPSA) is 108 Å². The van der Waals surface area contributed by atoms with Crippen LogP contribution in [-0.2, 0) is 21.2 Å². The van der Waals surface area contributed by atoms with Gasteiger partial charge in [-0.1, -0.05) is 0 Å². The van der Waals surface area contributed by atoms with Crippen molar-refractivity contribution < 1.29 is 23.4 Å². The second kappa shape index (κ2) is 5.98. The number of sulfone groups is 1. The van der Waals surface area contributed by atoms with Crippen LogP contribution in [-0.4, -0.2) is 58.6 Å². The Labute approximate surface area is 123 Å². The Morgan fingerprint density at radius 1 is 1.48 bits per heavy atom. The minimum Gasteiger partial charge on any atom is -0.506 e. The molecule has 0 spiro atoms. The van der Waals surface area contributed by atoms with E-state index in [2.05, 4.69) is 4.98 Å². The third kappa shape index (κ3) is 4.15. The van der Waals surface area contributed by atoms with Crippen LogP contribution >= 0.6 is 0 Å². The molecule has 1 fully saturated rings. The van der Waals surface area contributed by atoms with Crippen molar-refractivity contribution >= 4 is 15.8 Å². The van der Waals surface area contributed by atoms with Crippen molar-refractivity contribution in [2.45, 2.75) is 25.9 Å². The van der Waals surface area contributed by atoms with Crippen LogP contribution in [0.25, 0.3) is 0 Å². The summed E-state index contributed by atoms with van der Waals surface area (Å²) in [7, 11) is -3.21. The fraction of sp³-hybridized carbons (Fsp3) is 0.538. The first-order valence-corrected chi connectivity index (χ1v) is 8.41. The number of rotatable bonds is 4. The molecule has 1 aliphatic heterocycles. The molecule has 1 unspecified atom stereocenters. The Bertz CT molecular complexity index is 644. The molecule has 2 N–H and O–H groups in total. The average Bonchev–Trinajstić information content (AvgIpc) is 2.35. The van der Waals surface area contributed by atoms with Crippen molar-refractivity contribution in [3.05, 3.63) is 23.5 Å². The molecule has 0 aliphatic carbocycles. The molecule has 2 heterocycles. The number of hydrogen-bond donors (Lipinski definition) is 2. The molecule has 1 saturated heterocycles. The monoisotopic (exact) mass is 314 g/mol. The molecule has 1 aromatic rings. The van der Waals surface area contributed by atoms with Gasteiger partial charge in [-0.2, -0.15) is 0 Å². The molecule has 8 heteroatoms. The smallest absolute Gasteiger partial charge is 0.304 e. The standard InChI is InChI=1S/C13H18N2O5S/c1-9-2-3-12(16)11(14-9)7-15-4-5-21(19,20)8-10(15)6-13(17)18/h2-3,10,16H,4-8H2,1H3,(H,17,18). The average molecular weight is 314 g/mol. The summed E-state index contributed by atoms with van der Waals surface area (Å²) in [5.41, 5.74) is 1.17. The number of nitrogens with zero attached hydrogens (tertiary/aromatic N) is 2. The molecule has 0 saturated carbocycles. The Morgan fingerprint density at radius 2 is 2.19 bits per heavy atom. The molecule has 7 nitrogen and oxygen atoms in total. The Hall–Kier alpha value is -1.67. The van der Waals surface area contributed by atoms with Crippen molar-refractivity contribution in [2.24, 2.45) is 0 Å². The van der Waals surface area contributed by atoms with Gasteiger partial charge in [-0.3, -0.25) is 14.7 Å². The van der Waals surface area contributed by atoms with Crippen molar-refractivity contribution in [1.82, 2.24) is 9.88 Å². The van der Waals surface area contributed by atoms with E-state index < -0.39 is 21.8 Å². The summed E-state index contributed by atoms with van der Waals surface area (Å²) >= 11 is 0. The van der Waals surface area contributed by atoms with Gasteiger partial charge in [0.05, 0.1) is 23.6 Å². The first-order chi connectivity index (χ1) is 9.77. The van der Waals surface area contributed by atoms with Crippen LogP contribution in [0, 0.1) is 6.92 Å². The molecule has 116 valence electrons. The van der Waals surface area contributed by atoms with Gasteiger partial charge in [0, 0.05) is 24.8 Å². The van der Waals surface area contributed by atoms with E-state index in [0.29, 0.717) is 5.69 Å². The zero-order chi connectivity index (χ0) is 15.6. The van der Waals surface area contributed by atoms with Crippen molar-refractivity contribution in [1.29, 1.82) is 0 Å². The number of aromatic nitrogens is 1. The minimum atomic E-state index is -3.21. The largest absolute Gasteiger partial charge is 0.506 e. The lowest BCUT2D eigenvalue weighted by molar-refractivity contribution is -0.138. The van der Waals surface area contributed by atoms with Crippen molar-refractivity contribution in [3.63, 3.8) is 0 Å². The number of aliphatic carboxylic acids is 1. The molecule has 1 atom stereocenters. The SMILES string of the molecule is Cc1ccc(O)c(CN2CCS(=O)(=O)CC2CC(=O)O)n1. The van der Waals surface area contributed by atoms with Gasteiger partial charge in [0.15, 0.2) is 9.84 Å². The maximum atomic E-state index is 11.7. The van der Waals surface area contributed by atoms with E-state index in [1.165, 1.54) is 6.07 Å². The molecular weight excluding hydrogens is 296 g/mol.